The lowest BCUT2D eigenvalue weighted by atomic mass is 10.4. The van der Waals surface area contributed by atoms with Crippen molar-refractivity contribution < 1.29 is 4.79 Å². The fraction of sp³-hybridized carbons (Fsp3) is 0.300. The van der Waals surface area contributed by atoms with Crippen LogP contribution in [0.3, 0.4) is 0 Å². The second kappa shape index (κ2) is 3.34. The second-order valence-corrected chi connectivity index (χ2v) is 3.58. The van der Waals surface area contributed by atoms with E-state index in [2.05, 4.69) is 15.0 Å². The number of aromatic nitrogens is 3. The fourth-order valence-electron chi connectivity index (χ4n) is 1.30. The minimum absolute atomic E-state index is 0.0839. The van der Waals surface area contributed by atoms with Crippen LogP contribution in [0, 0.1) is 0 Å². The van der Waals surface area contributed by atoms with Gasteiger partial charge in [0.25, 0.3) is 0 Å². The number of fused-ring (bicyclic) bond motifs is 1. The SMILES string of the molecule is CC(=O)c1nc2nc(N(C)C)ccc2[nH]1. The van der Waals surface area contributed by atoms with Crippen LogP contribution in [-0.4, -0.2) is 34.8 Å². The minimum atomic E-state index is -0.0839. The molecule has 5 nitrogen and oxygen atoms in total. The molecule has 2 heterocycles. The Morgan fingerprint density at radius 2 is 2.07 bits per heavy atom. The lowest BCUT2D eigenvalue weighted by molar-refractivity contribution is 0.100. The first-order chi connectivity index (χ1) is 7.08. The molecular formula is C10H12N4O. The first kappa shape index (κ1) is 9.64. The van der Waals surface area contributed by atoms with E-state index in [9.17, 15) is 4.79 Å². The standard InChI is InChI=1S/C10H12N4O/c1-6(15)9-11-7-4-5-8(14(2)3)12-10(7)13-9/h4-5H,1-3H3,(H,11,12,13). The van der Waals surface area contributed by atoms with E-state index in [1.54, 1.807) is 0 Å². The zero-order valence-corrected chi connectivity index (χ0v) is 8.90. The lowest BCUT2D eigenvalue weighted by Crippen LogP contribution is -2.10. The molecule has 0 unspecified atom stereocenters. The summed E-state index contributed by atoms with van der Waals surface area (Å²) in [6.07, 6.45) is 0. The summed E-state index contributed by atoms with van der Waals surface area (Å²) < 4.78 is 0. The molecule has 0 aliphatic heterocycles. The van der Waals surface area contributed by atoms with Crippen LogP contribution in [0.5, 0.6) is 0 Å². The highest BCUT2D eigenvalue weighted by molar-refractivity contribution is 5.93. The summed E-state index contributed by atoms with van der Waals surface area (Å²) in [5, 5.41) is 0. The van der Waals surface area contributed by atoms with Crippen LogP contribution < -0.4 is 4.90 Å². The van der Waals surface area contributed by atoms with E-state index in [0.717, 1.165) is 11.3 Å². The van der Waals surface area contributed by atoms with Gasteiger partial charge in [-0.15, -0.1) is 0 Å². The van der Waals surface area contributed by atoms with Gasteiger partial charge in [-0.05, 0) is 12.1 Å². The number of H-pyrrole nitrogens is 1. The number of aromatic amines is 1. The van der Waals surface area contributed by atoms with Crippen molar-refractivity contribution in [2.45, 2.75) is 6.92 Å². The number of anilines is 1. The number of nitrogens with zero attached hydrogens (tertiary/aromatic N) is 3. The van der Waals surface area contributed by atoms with Gasteiger partial charge in [-0.3, -0.25) is 4.79 Å². The zero-order valence-electron chi connectivity index (χ0n) is 8.90. The normalized spacial score (nSPS) is 10.6. The van der Waals surface area contributed by atoms with Crippen LogP contribution in [0.15, 0.2) is 12.1 Å². The summed E-state index contributed by atoms with van der Waals surface area (Å²) in [6.45, 7) is 1.48. The van der Waals surface area contributed by atoms with Crippen LogP contribution in [0.1, 0.15) is 17.5 Å². The van der Waals surface area contributed by atoms with E-state index < -0.39 is 0 Å². The van der Waals surface area contributed by atoms with Crippen molar-refractivity contribution in [3.05, 3.63) is 18.0 Å². The summed E-state index contributed by atoms with van der Waals surface area (Å²) in [7, 11) is 3.82. The van der Waals surface area contributed by atoms with E-state index in [0.29, 0.717) is 11.5 Å². The number of carbonyl (C=O) groups excluding carboxylic acids is 1. The van der Waals surface area contributed by atoms with Gasteiger partial charge < -0.3 is 9.88 Å². The number of ketones is 1. The number of Topliss-reactive ketones (excluding diaryl/α,β-unsaturated/α-hetero) is 1. The van der Waals surface area contributed by atoms with Crippen molar-refractivity contribution in [1.29, 1.82) is 0 Å². The molecule has 2 aromatic heterocycles. The molecule has 2 rings (SSSR count). The average Bonchev–Trinajstić information content (AvgIpc) is 2.59. The fourth-order valence-corrected chi connectivity index (χ4v) is 1.30. The van der Waals surface area contributed by atoms with Crippen LogP contribution in [0.4, 0.5) is 5.82 Å². The summed E-state index contributed by atoms with van der Waals surface area (Å²) in [6, 6.07) is 3.75. The monoisotopic (exact) mass is 204 g/mol. The van der Waals surface area contributed by atoms with Gasteiger partial charge >= 0.3 is 0 Å². The van der Waals surface area contributed by atoms with Crippen LogP contribution >= 0.6 is 0 Å². The molecule has 5 heteroatoms. The van der Waals surface area contributed by atoms with Gasteiger partial charge in [0.1, 0.15) is 5.82 Å². The Kier molecular flexibility index (Phi) is 2.15. The molecule has 1 N–H and O–H groups in total. The lowest BCUT2D eigenvalue weighted by Gasteiger charge is -2.09. The number of hydrogen-bond donors (Lipinski definition) is 1. The Morgan fingerprint density at radius 1 is 1.33 bits per heavy atom. The van der Waals surface area contributed by atoms with E-state index >= 15 is 0 Å². The molecule has 0 saturated heterocycles. The maximum absolute atomic E-state index is 11.1. The third kappa shape index (κ3) is 1.68. The van der Waals surface area contributed by atoms with Gasteiger partial charge in [0.05, 0.1) is 5.52 Å². The highest BCUT2D eigenvalue weighted by Crippen LogP contribution is 2.14. The van der Waals surface area contributed by atoms with Gasteiger partial charge in [0.15, 0.2) is 17.3 Å². The molecule has 0 aromatic carbocycles. The van der Waals surface area contributed by atoms with Crippen molar-refractivity contribution in [3.63, 3.8) is 0 Å². The van der Waals surface area contributed by atoms with Gasteiger partial charge in [-0.2, -0.15) is 0 Å². The first-order valence-electron chi connectivity index (χ1n) is 4.63. The zero-order chi connectivity index (χ0) is 11.0. The van der Waals surface area contributed by atoms with E-state index in [4.69, 9.17) is 0 Å². The van der Waals surface area contributed by atoms with Gasteiger partial charge in [-0.25, -0.2) is 9.97 Å². The summed E-state index contributed by atoms with van der Waals surface area (Å²) in [5.41, 5.74) is 1.36. The van der Waals surface area contributed by atoms with E-state index in [1.807, 2.05) is 31.1 Å². The van der Waals surface area contributed by atoms with Crippen molar-refractivity contribution in [2.24, 2.45) is 0 Å². The highest BCUT2D eigenvalue weighted by atomic mass is 16.1. The predicted octanol–water partition coefficient (Wildman–Crippen LogP) is 1.23. The number of pyridine rings is 1. The molecule has 0 aliphatic rings. The molecule has 0 aliphatic carbocycles. The van der Waals surface area contributed by atoms with Crippen molar-refractivity contribution >= 4 is 22.8 Å². The number of imidazole rings is 1. The molecule has 15 heavy (non-hydrogen) atoms. The average molecular weight is 204 g/mol. The Labute approximate surface area is 87.1 Å². The molecule has 0 saturated carbocycles. The Bertz CT molecular complexity index is 515. The Hall–Kier alpha value is -1.91. The van der Waals surface area contributed by atoms with Crippen LogP contribution in [0.25, 0.3) is 11.2 Å². The van der Waals surface area contributed by atoms with E-state index in [1.165, 1.54) is 6.92 Å². The number of nitrogens with one attached hydrogen (secondary N) is 1. The topological polar surface area (TPSA) is 61.9 Å². The summed E-state index contributed by atoms with van der Waals surface area (Å²) in [5.74, 6) is 1.09. The second-order valence-electron chi connectivity index (χ2n) is 3.58. The minimum Gasteiger partial charge on any atom is -0.363 e. The van der Waals surface area contributed by atoms with Crippen LogP contribution in [0.2, 0.25) is 0 Å². The number of rotatable bonds is 2. The third-order valence-electron chi connectivity index (χ3n) is 2.12. The summed E-state index contributed by atoms with van der Waals surface area (Å²) >= 11 is 0. The predicted molar refractivity (Wildman–Crippen MR) is 58.2 cm³/mol. The van der Waals surface area contributed by atoms with Crippen molar-refractivity contribution in [3.8, 4) is 0 Å². The van der Waals surface area contributed by atoms with E-state index in [-0.39, 0.29) is 5.78 Å². The molecule has 0 bridgehead atoms. The van der Waals surface area contributed by atoms with Crippen LogP contribution in [-0.2, 0) is 0 Å². The largest absolute Gasteiger partial charge is 0.363 e. The van der Waals surface area contributed by atoms with Crippen molar-refractivity contribution in [2.75, 3.05) is 19.0 Å². The van der Waals surface area contributed by atoms with Gasteiger partial charge in [-0.1, -0.05) is 0 Å². The Morgan fingerprint density at radius 3 is 2.67 bits per heavy atom. The molecule has 0 amide bonds. The Balaban J connectivity index is 2.57. The molecule has 0 fully saturated rings. The van der Waals surface area contributed by atoms with Gasteiger partial charge in [0, 0.05) is 21.0 Å². The maximum Gasteiger partial charge on any atom is 0.195 e. The number of carbonyl (C=O) groups is 1. The molecule has 0 atom stereocenters. The molecule has 2 aromatic rings. The first-order valence-corrected chi connectivity index (χ1v) is 4.63. The summed E-state index contributed by atoms with van der Waals surface area (Å²) in [4.78, 5) is 24.3. The van der Waals surface area contributed by atoms with Crippen molar-refractivity contribution in [1.82, 2.24) is 15.0 Å². The smallest absolute Gasteiger partial charge is 0.195 e. The maximum atomic E-state index is 11.1. The molecule has 78 valence electrons. The van der Waals surface area contributed by atoms with Gasteiger partial charge in [0.2, 0.25) is 0 Å². The number of hydrogen-bond acceptors (Lipinski definition) is 4. The molecular weight excluding hydrogens is 192 g/mol. The molecule has 0 radical (unpaired) electrons. The molecule has 0 spiro atoms. The highest BCUT2D eigenvalue weighted by Gasteiger charge is 2.08. The third-order valence-corrected chi connectivity index (χ3v) is 2.12. The quantitative estimate of drug-likeness (QED) is 0.747.